The molecular weight excluding hydrogens is 472 g/mol. The summed E-state index contributed by atoms with van der Waals surface area (Å²) in [6.45, 7) is 0.482. The van der Waals surface area contributed by atoms with Crippen LogP contribution in [0.5, 0.6) is 0 Å². The van der Waals surface area contributed by atoms with Gasteiger partial charge in [-0.3, -0.25) is 4.79 Å². The first kappa shape index (κ1) is 22.7. The summed E-state index contributed by atoms with van der Waals surface area (Å²) in [5.74, 6) is -1.10. The summed E-state index contributed by atoms with van der Waals surface area (Å²) < 4.78 is 33.0. The summed E-state index contributed by atoms with van der Waals surface area (Å²) in [7, 11) is -2.37. The zero-order valence-corrected chi connectivity index (χ0v) is 19.6. The van der Waals surface area contributed by atoms with Gasteiger partial charge in [-0.25, -0.2) is 13.2 Å². The van der Waals surface area contributed by atoms with Crippen LogP contribution in [-0.4, -0.2) is 44.8 Å². The number of nitrogens with zero attached hydrogens (tertiary/aromatic N) is 1. The van der Waals surface area contributed by atoms with Crippen molar-refractivity contribution in [2.24, 2.45) is 5.92 Å². The van der Waals surface area contributed by atoms with Gasteiger partial charge in [0.05, 0.1) is 17.9 Å². The quantitative estimate of drug-likeness (QED) is 0.533. The second-order valence-corrected chi connectivity index (χ2v) is 11.0. The highest BCUT2D eigenvalue weighted by atomic mass is 35.5. The van der Waals surface area contributed by atoms with Crippen LogP contribution in [0.4, 0.5) is 5.69 Å². The lowest BCUT2D eigenvalue weighted by Crippen LogP contribution is -2.43. The molecule has 0 radical (unpaired) electrons. The Morgan fingerprint density at radius 3 is 2.62 bits per heavy atom. The van der Waals surface area contributed by atoms with E-state index in [-0.39, 0.29) is 17.3 Å². The van der Waals surface area contributed by atoms with E-state index >= 15 is 0 Å². The molecule has 1 aliphatic heterocycles. The summed E-state index contributed by atoms with van der Waals surface area (Å²) in [6.07, 6.45) is 1.20. The van der Waals surface area contributed by atoms with Crippen LogP contribution < -0.4 is 5.32 Å². The number of esters is 1. The molecule has 1 unspecified atom stereocenters. The number of rotatable bonds is 5. The van der Waals surface area contributed by atoms with Crippen molar-refractivity contribution in [3.05, 3.63) is 58.4 Å². The van der Waals surface area contributed by atoms with Gasteiger partial charge < -0.3 is 10.1 Å². The van der Waals surface area contributed by atoms with Gasteiger partial charge in [0.2, 0.25) is 15.9 Å². The first-order valence-corrected chi connectivity index (χ1v) is 12.6. The standard InChI is InChI=1S/C22H21ClN2O5S2/c1-30-22(27)20-12-15-11-17(6-9-19(15)31-20)24-21(26)14-3-2-10-25(13-14)32(28,29)18-7-4-16(23)5-8-18/h4-9,11-12,14H,2-3,10,13H2,1H3,(H,24,26). The van der Waals surface area contributed by atoms with Gasteiger partial charge in [0.25, 0.3) is 0 Å². The number of thiophene rings is 1. The smallest absolute Gasteiger partial charge is 0.348 e. The van der Waals surface area contributed by atoms with Crippen molar-refractivity contribution in [2.45, 2.75) is 17.7 Å². The molecule has 0 bridgehead atoms. The van der Waals surface area contributed by atoms with Crippen molar-refractivity contribution < 1.29 is 22.7 Å². The Morgan fingerprint density at radius 2 is 1.91 bits per heavy atom. The number of carbonyl (C=O) groups excluding carboxylic acids is 2. The van der Waals surface area contributed by atoms with Crippen molar-refractivity contribution in [2.75, 3.05) is 25.5 Å². The molecule has 10 heteroatoms. The largest absolute Gasteiger partial charge is 0.465 e. The number of sulfonamides is 1. The molecular formula is C22H21ClN2O5S2. The number of amides is 1. The third-order valence-electron chi connectivity index (χ3n) is 5.38. The second kappa shape index (κ2) is 9.19. The number of ether oxygens (including phenoxy) is 1. The van der Waals surface area contributed by atoms with E-state index in [9.17, 15) is 18.0 Å². The molecule has 168 valence electrons. The Kier molecular flexibility index (Phi) is 6.52. The maximum Gasteiger partial charge on any atom is 0.348 e. The molecule has 0 aliphatic carbocycles. The van der Waals surface area contributed by atoms with E-state index in [2.05, 4.69) is 5.32 Å². The van der Waals surface area contributed by atoms with Crippen molar-refractivity contribution in [1.29, 1.82) is 0 Å². The molecule has 1 amide bonds. The Labute approximate surface area is 195 Å². The first-order chi connectivity index (χ1) is 15.3. The van der Waals surface area contributed by atoms with Gasteiger partial charge in [0.15, 0.2) is 0 Å². The molecule has 4 rings (SSSR count). The van der Waals surface area contributed by atoms with E-state index in [0.717, 1.165) is 10.1 Å². The molecule has 1 aliphatic rings. The van der Waals surface area contributed by atoms with Gasteiger partial charge in [-0.2, -0.15) is 4.31 Å². The molecule has 1 saturated heterocycles. The molecule has 0 saturated carbocycles. The molecule has 1 aromatic heterocycles. The topological polar surface area (TPSA) is 92.8 Å². The van der Waals surface area contributed by atoms with Gasteiger partial charge in [-0.1, -0.05) is 11.6 Å². The van der Waals surface area contributed by atoms with E-state index < -0.39 is 21.9 Å². The van der Waals surface area contributed by atoms with Gasteiger partial charge in [0.1, 0.15) is 4.88 Å². The summed E-state index contributed by atoms with van der Waals surface area (Å²) in [5.41, 5.74) is 0.592. The number of methoxy groups -OCH3 is 1. The van der Waals surface area contributed by atoms with Crippen LogP contribution in [0, 0.1) is 5.92 Å². The lowest BCUT2D eigenvalue weighted by atomic mass is 9.98. The first-order valence-electron chi connectivity index (χ1n) is 9.96. The van der Waals surface area contributed by atoms with Crippen LogP contribution in [-0.2, 0) is 19.6 Å². The Balaban J connectivity index is 1.47. The van der Waals surface area contributed by atoms with Crippen LogP contribution in [0.25, 0.3) is 10.1 Å². The average Bonchev–Trinajstić information content (AvgIpc) is 3.22. The zero-order chi connectivity index (χ0) is 22.9. The maximum atomic E-state index is 13.0. The highest BCUT2D eigenvalue weighted by Crippen LogP contribution is 2.30. The third-order valence-corrected chi connectivity index (χ3v) is 8.60. The predicted octanol–water partition coefficient (Wildman–Crippen LogP) is 4.38. The molecule has 32 heavy (non-hydrogen) atoms. The van der Waals surface area contributed by atoms with E-state index in [4.69, 9.17) is 16.3 Å². The number of carbonyl (C=O) groups is 2. The molecule has 0 spiro atoms. The summed E-state index contributed by atoms with van der Waals surface area (Å²) in [4.78, 5) is 25.3. The van der Waals surface area contributed by atoms with Crippen LogP contribution in [0.1, 0.15) is 22.5 Å². The number of fused-ring (bicyclic) bond motifs is 1. The number of piperidine rings is 1. The maximum absolute atomic E-state index is 13.0. The minimum absolute atomic E-state index is 0.115. The van der Waals surface area contributed by atoms with Crippen LogP contribution in [0.2, 0.25) is 5.02 Å². The van der Waals surface area contributed by atoms with Crippen LogP contribution >= 0.6 is 22.9 Å². The lowest BCUT2D eigenvalue weighted by Gasteiger charge is -2.31. The fourth-order valence-corrected chi connectivity index (χ4v) is 6.31. The number of hydrogen-bond donors (Lipinski definition) is 1. The Morgan fingerprint density at radius 1 is 1.16 bits per heavy atom. The fraction of sp³-hybridized carbons (Fsp3) is 0.273. The highest BCUT2D eigenvalue weighted by Gasteiger charge is 2.33. The number of nitrogens with one attached hydrogen (secondary N) is 1. The number of benzene rings is 2. The summed E-state index contributed by atoms with van der Waals surface area (Å²) in [6, 6.07) is 13.1. The molecule has 1 N–H and O–H groups in total. The third kappa shape index (κ3) is 4.66. The SMILES string of the molecule is COC(=O)c1cc2cc(NC(=O)C3CCCN(S(=O)(=O)c4ccc(Cl)cc4)C3)ccc2s1. The van der Waals surface area contributed by atoms with E-state index in [1.54, 1.807) is 18.2 Å². The lowest BCUT2D eigenvalue weighted by molar-refractivity contribution is -0.120. The van der Waals surface area contributed by atoms with Gasteiger partial charge in [-0.15, -0.1) is 11.3 Å². The zero-order valence-electron chi connectivity index (χ0n) is 17.2. The average molecular weight is 493 g/mol. The second-order valence-electron chi connectivity index (χ2n) is 7.50. The van der Waals surface area contributed by atoms with Gasteiger partial charge in [0, 0.05) is 28.5 Å². The highest BCUT2D eigenvalue weighted by molar-refractivity contribution is 7.89. The van der Waals surface area contributed by atoms with Crippen LogP contribution in [0.15, 0.2) is 53.4 Å². The number of anilines is 1. The van der Waals surface area contributed by atoms with E-state index in [1.165, 1.54) is 47.0 Å². The van der Waals surface area contributed by atoms with Gasteiger partial charge in [-0.05, 0) is 66.8 Å². The normalized spacial score (nSPS) is 17.2. The fourth-order valence-electron chi connectivity index (χ4n) is 3.70. The molecule has 1 fully saturated rings. The minimum atomic E-state index is -3.70. The monoisotopic (exact) mass is 492 g/mol. The van der Waals surface area contributed by atoms with Crippen molar-refractivity contribution in [3.8, 4) is 0 Å². The van der Waals surface area contributed by atoms with E-state index in [0.29, 0.717) is 35.0 Å². The molecule has 2 heterocycles. The van der Waals surface area contributed by atoms with Gasteiger partial charge >= 0.3 is 5.97 Å². The predicted molar refractivity (Wildman–Crippen MR) is 125 cm³/mol. The summed E-state index contributed by atoms with van der Waals surface area (Å²) >= 11 is 7.18. The molecule has 2 aromatic carbocycles. The van der Waals surface area contributed by atoms with Crippen molar-refractivity contribution >= 4 is 60.6 Å². The van der Waals surface area contributed by atoms with Crippen molar-refractivity contribution in [1.82, 2.24) is 4.31 Å². The number of halogens is 1. The molecule has 1 atom stereocenters. The summed E-state index contributed by atoms with van der Waals surface area (Å²) in [5, 5.41) is 4.17. The van der Waals surface area contributed by atoms with E-state index in [1.807, 2.05) is 6.07 Å². The molecule has 7 nitrogen and oxygen atoms in total. The minimum Gasteiger partial charge on any atom is -0.465 e. The Bertz CT molecular complexity index is 1270. The van der Waals surface area contributed by atoms with Crippen molar-refractivity contribution in [3.63, 3.8) is 0 Å². The van der Waals surface area contributed by atoms with Crippen LogP contribution in [0.3, 0.4) is 0 Å². The Hall–Kier alpha value is -2.46. The molecule has 3 aromatic rings. The number of hydrogen-bond acceptors (Lipinski definition) is 6.